The number of anilines is 1. The first-order valence-corrected chi connectivity index (χ1v) is 9.34. The molecule has 0 aliphatic rings. The van der Waals surface area contributed by atoms with Crippen LogP contribution >= 0.6 is 0 Å². The van der Waals surface area contributed by atoms with Gasteiger partial charge in [0, 0.05) is 12.7 Å². The molecule has 2 heterocycles. The summed E-state index contributed by atoms with van der Waals surface area (Å²) in [5.41, 5.74) is 2.75. The minimum absolute atomic E-state index is 0.0862. The second-order valence-corrected chi connectivity index (χ2v) is 6.61. The molecule has 2 N–H and O–H groups in total. The molecule has 2 aromatic carbocycles. The zero-order chi connectivity index (χ0) is 20.9. The molecule has 0 saturated carbocycles. The highest BCUT2D eigenvalue weighted by Gasteiger charge is 2.17. The number of hydrogen-bond donors (Lipinski definition) is 2. The summed E-state index contributed by atoms with van der Waals surface area (Å²) in [6.07, 6.45) is 1.45. The third kappa shape index (κ3) is 4.23. The second-order valence-electron chi connectivity index (χ2n) is 6.61. The van der Waals surface area contributed by atoms with E-state index in [1.54, 1.807) is 25.3 Å². The lowest BCUT2D eigenvalue weighted by atomic mass is 10.1. The van der Waals surface area contributed by atoms with Gasteiger partial charge in [0.2, 0.25) is 0 Å². The van der Waals surface area contributed by atoms with Crippen molar-refractivity contribution in [2.75, 3.05) is 19.0 Å². The van der Waals surface area contributed by atoms with Gasteiger partial charge in [0.15, 0.2) is 0 Å². The number of para-hydroxylation sites is 1. The maximum Gasteiger partial charge on any atom is 0.387 e. The fourth-order valence-corrected chi connectivity index (χ4v) is 3.33. The van der Waals surface area contributed by atoms with Crippen LogP contribution in [-0.4, -0.2) is 35.3 Å². The Morgan fingerprint density at radius 2 is 1.80 bits per heavy atom. The Morgan fingerprint density at radius 1 is 1.03 bits per heavy atom. The molecule has 6 nitrogen and oxygen atoms in total. The van der Waals surface area contributed by atoms with E-state index >= 15 is 0 Å². The fraction of sp³-hybridized carbons (Fsp3) is 0.182. The van der Waals surface area contributed by atoms with E-state index in [1.807, 2.05) is 36.4 Å². The minimum atomic E-state index is -2.91. The van der Waals surface area contributed by atoms with Gasteiger partial charge in [0.1, 0.15) is 23.5 Å². The average Bonchev–Trinajstić information content (AvgIpc) is 3.19. The molecule has 0 saturated heterocycles. The predicted molar refractivity (Wildman–Crippen MR) is 111 cm³/mol. The summed E-state index contributed by atoms with van der Waals surface area (Å²) < 4.78 is 35.6. The Labute approximate surface area is 171 Å². The number of methoxy groups -OCH3 is 1. The lowest BCUT2D eigenvalue weighted by Gasteiger charge is -2.19. The predicted octanol–water partition coefficient (Wildman–Crippen LogP) is 5.03. The summed E-state index contributed by atoms with van der Waals surface area (Å²) in [6.45, 7) is -2.47. The maximum atomic E-state index is 12.8. The fourth-order valence-electron chi connectivity index (χ4n) is 3.33. The molecular formula is C22H20F2N4O2. The molecule has 8 heteroatoms. The van der Waals surface area contributed by atoms with Crippen molar-refractivity contribution >= 4 is 16.9 Å². The number of benzene rings is 2. The van der Waals surface area contributed by atoms with Crippen LogP contribution in [0.25, 0.3) is 22.3 Å². The Balaban J connectivity index is 1.71. The summed E-state index contributed by atoms with van der Waals surface area (Å²) in [5.74, 6) is 0.698. The van der Waals surface area contributed by atoms with Crippen LogP contribution in [0.4, 0.5) is 14.6 Å². The Morgan fingerprint density at radius 3 is 2.57 bits per heavy atom. The second kappa shape index (κ2) is 8.87. The Hall–Kier alpha value is -3.52. The van der Waals surface area contributed by atoms with Crippen LogP contribution in [0.1, 0.15) is 11.6 Å². The summed E-state index contributed by atoms with van der Waals surface area (Å²) >= 11 is 0. The van der Waals surface area contributed by atoms with Gasteiger partial charge in [-0.25, -0.2) is 9.97 Å². The van der Waals surface area contributed by atoms with Crippen LogP contribution in [0.15, 0.2) is 67.0 Å². The van der Waals surface area contributed by atoms with E-state index in [2.05, 4.69) is 25.0 Å². The van der Waals surface area contributed by atoms with E-state index < -0.39 is 6.61 Å². The smallest absolute Gasteiger partial charge is 0.387 e. The third-order valence-electron chi connectivity index (χ3n) is 4.67. The molecule has 0 amide bonds. The van der Waals surface area contributed by atoms with Gasteiger partial charge >= 0.3 is 6.61 Å². The summed E-state index contributed by atoms with van der Waals surface area (Å²) in [4.78, 5) is 11.8. The normalized spacial score (nSPS) is 12.3. The number of ether oxygens (including phenoxy) is 2. The standard InChI is InChI=1S/C22H20F2N4O2/c1-29-12-18(14-7-3-2-4-8-14)28-21-16-11-17(27-20(16)25-13-26-21)15-9-5-6-10-19(15)30-22(23)24/h2-11,13,18,22H,12H2,1H3,(H2,25,26,27,28)/t18-/m1/s1. The van der Waals surface area contributed by atoms with Crippen LogP contribution in [0.3, 0.4) is 0 Å². The van der Waals surface area contributed by atoms with E-state index in [4.69, 9.17) is 4.74 Å². The molecule has 0 bridgehead atoms. The van der Waals surface area contributed by atoms with Crippen molar-refractivity contribution in [3.63, 3.8) is 0 Å². The zero-order valence-corrected chi connectivity index (χ0v) is 16.2. The lowest BCUT2D eigenvalue weighted by molar-refractivity contribution is -0.0494. The van der Waals surface area contributed by atoms with Gasteiger partial charge in [-0.3, -0.25) is 0 Å². The van der Waals surface area contributed by atoms with Gasteiger partial charge < -0.3 is 19.8 Å². The number of aromatic amines is 1. The average molecular weight is 410 g/mol. The van der Waals surface area contributed by atoms with Crippen LogP contribution in [0.5, 0.6) is 5.75 Å². The molecule has 1 atom stereocenters. The molecule has 4 rings (SSSR count). The number of nitrogens with one attached hydrogen (secondary N) is 2. The first-order valence-electron chi connectivity index (χ1n) is 9.34. The molecule has 0 radical (unpaired) electrons. The number of alkyl halides is 2. The maximum absolute atomic E-state index is 12.8. The molecule has 30 heavy (non-hydrogen) atoms. The first-order chi connectivity index (χ1) is 14.7. The molecular weight excluding hydrogens is 390 g/mol. The van der Waals surface area contributed by atoms with E-state index in [9.17, 15) is 8.78 Å². The van der Waals surface area contributed by atoms with Crippen molar-refractivity contribution < 1.29 is 18.3 Å². The van der Waals surface area contributed by atoms with Crippen LogP contribution < -0.4 is 10.1 Å². The number of hydrogen-bond acceptors (Lipinski definition) is 5. The molecule has 154 valence electrons. The number of H-pyrrole nitrogens is 1. The number of nitrogens with zero attached hydrogens (tertiary/aromatic N) is 2. The van der Waals surface area contributed by atoms with Gasteiger partial charge in [0.25, 0.3) is 0 Å². The lowest BCUT2D eigenvalue weighted by Crippen LogP contribution is -2.17. The molecule has 0 unspecified atom stereocenters. The number of rotatable bonds is 8. The topological polar surface area (TPSA) is 72.1 Å². The van der Waals surface area contributed by atoms with Gasteiger partial charge in [-0.15, -0.1) is 0 Å². The highest BCUT2D eigenvalue weighted by molar-refractivity contribution is 5.92. The molecule has 0 aliphatic heterocycles. The van der Waals surface area contributed by atoms with Crippen molar-refractivity contribution in [2.24, 2.45) is 0 Å². The van der Waals surface area contributed by atoms with Crippen molar-refractivity contribution in [2.45, 2.75) is 12.7 Å². The van der Waals surface area contributed by atoms with Crippen molar-refractivity contribution in [3.05, 3.63) is 72.6 Å². The van der Waals surface area contributed by atoms with E-state index in [0.717, 1.165) is 10.9 Å². The van der Waals surface area contributed by atoms with Gasteiger partial charge in [-0.1, -0.05) is 42.5 Å². The number of fused-ring (bicyclic) bond motifs is 1. The minimum Gasteiger partial charge on any atom is -0.434 e. The first kappa shape index (κ1) is 19.8. The van der Waals surface area contributed by atoms with Crippen LogP contribution in [-0.2, 0) is 4.74 Å². The Bertz CT molecular complexity index is 1120. The van der Waals surface area contributed by atoms with E-state index in [1.165, 1.54) is 12.4 Å². The van der Waals surface area contributed by atoms with Gasteiger partial charge in [-0.05, 0) is 23.8 Å². The highest BCUT2D eigenvalue weighted by Crippen LogP contribution is 2.34. The molecule has 0 fully saturated rings. The van der Waals surface area contributed by atoms with Crippen LogP contribution in [0.2, 0.25) is 0 Å². The monoisotopic (exact) mass is 410 g/mol. The number of aromatic nitrogens is 3. The third-order valence-corrected chi connectivity index (χ3v) is 4.67. The van der Waals surface area contributed by atoms with Crippen LogP contribution in [0, 0.1) is 0 Å². The van der Waals surface area contributed by atoms with Gasteiger partial charge in [0.05, 0.1) is 23.7 Å². The molecule has 0 spiro atoms. The molecule has 2 aromatic heterocycles. The zero-order valence-electron chi connectivity index (χ0n) is 16.2. The highest BCUT2D eigenvalue weighted by atomic mass is 19.3. The van der Waals surface area contributed by atoms with Crippen molar-refractivity contribution in [1.29, 1.82) is 0 Å². The quantitative estimate of drug-likeness (QED) is 0.426. The molecule has 4 aromatic rings. The Kier molecular flexibility index (Phi) is 5.85. The van der Waals surface area contributed by atoms with E-state index in [-0.39, 0.29) is 11.8 Å². The summed E-state index contributed by atoms with van der Waals surface area (Å²) in [5, 5.41) is 4.14. The SMILES string of the molecule is COC[C@@H](Nc1ncnc2[nH]c(-c3ccccc3OC(F)F)cc12)c1ccccc1. The van der Waals surface area contributed by atoms with E-state index in [0.29, 0.717) is 29.3 Å². The molecule has 0 aliphatic carbocycles. The largest absolute Gasteiger partial charge is 0.434 e. The van der Waals surface area contributed by atoms with Gasteiger partial charge in [-0.2, -0.15) is 8.78 Å². The van der Waals surface area contributed by atoms with Crippen molar-refractivity contribution in [1.82, 2.24) is 15.0 Å². The number of halogens is 2. The summed E-state index contributed by atoms with van der Waals surface area (Å²) in [7, 11) is 1.64. The summed E-state index contributed by atoms with van der Waals surface area (Å²) in [6, 6.07) is 18.2. The van der Waals surface area contributed by atoms with Crippen molar-refractivity contribution in [3.8, 4) is 17.0 Å².